The van der Waals surface area contributed by atoms with Crippen molar-refractivity contribution in [2.45, 2.75) is 25.4 Å². The Morgan fingerprint density at radius 2 is 2.11 bits per heavy atom. The zero-order valence-electron chi connectivity index (χ0n) is 10.3. The van der Waals surface area contributed by atoms with E-state index >= 15 is 0 Å². The van der Waals surface area contributed by atoms with Crippen LogP contribution in [0.1, 0.15) is 19.8 Å². The van der Waals surface area contributed by atoms with Crippen molar-refractivity contribution < 1.29 is 14.3 Å². The first-order chi connectivity index (χ1) is 8.46. The van der Waals surface area contributed by atoms with Crippen LogP contribution in [0.25, 0.3) is 0 Å². The van der Waals surface area contributed by atoms with Crippen molar-refractivity contribution in [2.24, 2.45) is 0 Å². The zero-order valence-corrected chi connectivity index (χ0v) is 10.3. The van der Waals surface area contributed by atoms with Gasteiger partial charge in [-0.3, -0.25) is 0 Å². The number of likely N-dealkylation sites (tertiary alicyclic amines) is 1. The van der Waals surface area contributed by atoms with Gasteiger partial charge in [-0.15, -0.1) is 0 Å². The monoisotopic (exact) mass is 252 g/mol. The van der Waals surface area contributed by atoms with Crippen LogP contribution in [0.2, 0.25) is 0 Å². The Kier molecular flexibility index (Phi) is 3.52. The van der Waals surface area contributed by atoms with E-state index < -0.39 is 5.60 Å². The molecule has 1 saturated heterocycles. The lowest BCUT2D eigenvalue weighted by Gasteiger charge is -2.35. The zero-order chi connectivity index (χ0) is 13.2. The molecule has 1 aromatic rings. The number of rotatable bonds is 1. The number of amides is 2. The standard InChI is InChI=1S/C13H17FN2O2/c1-13(18)5-7-16(8-6-13)12(17)15-11-4-2-3-10(14)9-11/h2-4,9,18H,5-8H2,1H3,(H,15,17). The van der Waals surface area contributed by atoms with E-state index in [2.05, 4.69) is 5.32 Å². The highest BCUT2D eigenvalue weighted by Crippen LogP contribution is 2.21. The molecule has 0 saturated carbocycles. The minimum absolute atomic E-state index is 0.254. The summed E-state index contributed by atoms with van der Waals surface area (Å²) in [5.74, 6) is -0.380. The first-order valence-electron chi connectivity index (χ1n) is 6.00. The van der Waals surface area contributed by atoms with Crippen LogP contribution in [-0.4, -0.2) is 34.7 Å². The number of halogens is 1. The molecule has 0 radical (unpaired) electrons. The quantitative estimate of drug-likeness (QED) is 0.805. The van der Waals surface area contributed by atoms with Gasteiger partial charge in [0.1, 0.15) is 5.82 Å². The number of benzene rings is 1. The molecule has 2 N–H and O–H groups in total. The molecule has 0 spiro atoms. The van der Waals surface area contributed by atoms with Gasteiger partial charge in [-0.1, -0.05) is 6.07 Å². The van der Waals surface area contributed by atoms with Gasteiger partial charge in [0.2, 0.25) is 0 Å². The van der Waals surface area contributed by atoms with Gasteiger partial charge < -0.3 is 15.3 Å². The molecule has 0 atom stereocenters. The topological polar surface area (TPSA) is 52.6 Å². The van der Waals surface area contributed by atoms with Crippen molar-refractivity contribution in [1.29, 1.82) is 0 Å². The van der Waals surface area contributed by atoms with E-state index in [-0.39, 0.29) is 11.8 Å². The molecule has 1 aromatic carbocycles. The smallest absolute Gasteiger partial charge is 0.321 e. The molecule has 2 amide bonds. The Bertz CT molecular complexity index is 438. The maximum absolute atomic E-state index is 13.0. The fourth-order valence-electron chi connectivity index (χ4n) is 1.96. The summed E-state index contributed by atoms with van der Waals surface area (Å²) in [7, 11) is 0. The van der Waals surface area contributed by atoms with Gasteiger partial charge >= 0.3 is 6.03 Å². The number of hydrogen-bond donors (Lipinski definition) is 2. The number of urea groups is 1. The van der Waals surface area contributed by atoms with Gasteiger partial charge in [-0.25, -0.2) is 9.18 Å². The highest BCUT2D eigenvalue weighted by molar-refractivity contribution is 5.89. The van der Waals surface area contributed by atoms with E-state index in [0.717, 1.165) is 0 Å². The van der Waals surface area contributed by atoms with Gasteiger partial charge in [0.05, 0.1) is 5.60 Å². The third-order valence-corrected chi connectivity index (χ3v) is 3.20. The average Bonchev–Trinajstić information content (AvgIpc) is 2.28. The highest BCUT2D eigenvalue weighted by Gasteiger charge is 2.29. The lowest BCUT2D eigenvalue weighted by Crippen LogP contribution is -2.46. The van der Waals surface area contributed by atoms with E-state index in [0.29, 0.717) is 31.6 Å². The maximum Gasteiger partial charge on any atom is 0.321 e. The van der Waals surface area contributed by atoms with Crippen LogP contribution in [0.5, 0.6) is 0 Å². The summed E-state index contributed by atoms with van der Waals surface area (Å²) in [5, 5.41) is 12.4. The Hall–Kier alpha value is -1.62. The predicted molar refractivity (Wildman–Crippen MR) is 66.8 cm³/mol. The summed E-state index contributed by atoms with van der Waals surface area (Å²) in [4.78, 5) is 13.5. The first-order valence-corrected chi connectivity index (χ1v) is 6.00. The molecule has 1 aliphatic rings. The second-order valence-corrected chi connectivity index (χ2v) is 4.92. The molecule has 0 aromatic heterocycles. The first kappa shape index (κ1) is 12.8. The summed E-state index contributed by atoms with van der Waals surface area (Å²) in [6.45, 7) is 2.79. The van der Waals surface area contributed by atoms with Crippen LogP contribution in [-0.2, 0) is 0 Å². The van der Waals surface area contributed by atoms with Crippen LogP contribution in [0.3, 0.4) is 0 Å². The summed E-state index contributed by atoms with van der Waals surface area (Å²) in [6.07, 6.45) is 1.12. The number of carbonyl (C=O) groups is 1. The highest BCUT2D eigenvalue weighted by atomic mass is 19.1. The molecule has 0 aliphatic carbocycles. The second-order valence-electron chi connectivity index (χ2n) is 4.92. The Morgan fingerprint density at radius 3 is 2.72 bits per heavy atom. The van der Waals surface area contributed by atoms with Crippen molar-refractivity contribution in [1.82, 2.24) is 4.90 Å². The van der Waals surface area contributed by atoms with E-state index in [1.807, 2.05) is 0 Å². The average molecular weight is 252 g/mol. The Balaban J connectivity index is 1.93. The Labute approximate surface area is 105 Å². The van der Waals surface area contributed by atoms with Crippen molar-refractivity contribution in [2.75, 3.05) is 18.4 Å². The SMILES string of the molecule is CC1(O)CCN(C(=O)Nc2cccc(F)c2)CC1. The van der Waals surface area contributed by atoms with Crippen LogP contribution < -0.4 is 5.32 Å². The van der Waals surface area contributed by atoms with Crippen LogP contribution >= 0.6 is 0 Å². The third-order valence-electron chi connectivity index (χ3n) is 3.20. The molecule has 18 heavy (non-hydrogen) atoms. The van der Waals surface area contributed by atoms with Gasteiger partial charge in [-0.2, -0.15) is 0 Å². The summed E-state index contributed by atoms with van der Waals surface area (Å²) in [6, 6.07) is 5.54. The van der Waals surface area contributed by atoms with Crippen LogP contribution in [0, 0.1) is 5.82 Å². The second kappa shape index (κ2) is 4.94. The normalized spacial score (nSPS) is 18.5. The molecular formula is C13H17FN2O2. The lowest BCUT2D eigenvalue weighted by atomic mass is 9.94. The van der Waals surface area contributed by atoms with Gasteiger partial charge in [-0.05, 0) is 38.0 Å². The van der Waals surface area contributed by atoms with E-state index in [1.165, 1.54) is 12.1 Å². The predicted octanol–water partition coefficient (Wildman–Crippen LogP) is 2.20. The summed E-state index contributed by atoms with van der Waals surface area (Å²) in [5.41, 5.74) is -0.243. The Morgan fingerprint density at radius 1 is 1.44 bits per heavy atom. The number of nitrogens with zero attached hydrogens (tertiary/aromatic N) is 1. The largest absolute Gasteiger partial charge is 0.390 e. The van der Waals surface area contributed by atoms with E-state index in [1.54, 1.807) is 24.0 Å². The number of hydrogen-bond acceptors (Lipinski definition) is 2. The maximum atomic E-state index is 13.0. The number of nitrogens with one attached hydrogen (secondary N) is 1. The van der Waals surface area contributed by atoms with Gasteiger partial charge in [0.25, 0.3) is 0 Å². The minimum atomic E-state index is -0.685. The number of carbonyl (C=O) groups excluding carboxylic acids is 1. The fourth-order valence-corrected chi connectivity index (χ4v) is 1.96. The number of piperidine rings is 1. The van der Waals surface area contributed by atoms with Crippen molar-refractivity contribution >= 4 is 11.7 Å². The van der Waals surface area contributed by atoms with Crippen molar-refractivity contribution in [3.05, 3.63) is 30.1 Å². The molecule has 1 aliphatic heterocycles. The fraction of sp³-hybridized carbons (Fsp3) is 0.462. The van der Waals surface area contributed by atoms with E-state index in [9.17, 15) is 14.3 Å². The van der Waals surface area contributed by atoms with Crippen LogP contribution in [0.4, 0.5) is 14.9 Å². The molecular weight excluding hydrogens is 235 g/mol. The van der Waals surface area contributed by atoms with Gasteiger partial charge in [0.15, 0.2) is 0 Å². The summed E-state index contributed by atoms with van der Waals surface area (Å²) >= 11 is 0. The third kappa shape index (κ3) is 3.20. The lowest BCUT2D eigenvalue weighted by molar-refractivity contribution is 0.00570. The molecule has 1 fully saturated rings. The summed E-state index contributed by atoms with van der Waals surface area (Å²) < 4.78 is 13.0. The molecule has 0 unspecified atom stereocenters. The number of anilines is 1. The van der Waals surface area contributed by atoms with E-state index in [4.69, 9.17) is 0 Å². The number of aliphatic hydroxyl groups is 1. The molecule has 4 nitrogen and oxygen atoms in total. The molecule has 2 rings (SSSR count). The molecule has 5 heteroatoms. The molecule has 98 valence electrons. The molecule has 1 heterocycles. The minimum Gasteiger partial charge on any atom is -0.390 e. The van der Waals surface area contributed by atoms with Crippen molar-refractivity contribution in [3.63, 3.8) is 0 Å². The van der Waals surface area contributed by atoms with Gasteiger partial charge in [0, 0.05) is 18.8 Å². The van der Waals surface area contributed by atoms with Crippen molar-refractivity contribution in [3.8, 4) is 0 Å². The van der Waals surface area contributed by atoms with Crippen LogP contribution in [0.15, 0.2) is 24.3 Å². The molecule has 0 bridgehead atoms.